The molecule has 0 saturated carbocycles. The number of aromatic nitrogens is 1. The molecule has 2 saturated heterocycles. The van der Waals surface area contributed by atoms with Crippen LogP contribution >= 0.6 is 0 Å². The Bertz CT molecular complexity index is 1300. The Labute approximate surface area is 220 Å². The lowest BCUT2D eigenvalue weighted by Crippen LogP contribution is -2.61. The minimum Gasteiger partial charge on any atom is -0.733 e. The van der Waals surface area contributed by atoms with E-state index in [1.165, 1.54) is 0 Å². The molecule has 2 fully saturated rings. The summed E-state index contributed by atoms with van der Waals surface area (Å²) in [6.45, 7) is 4.38. The number of anilines is 2. The number of esters is 1. The van der Waals surface area contributed by atoms with Crippen LogP contribution in [0.3, 0.4) is 0 Å². The fourth-order valence-electron chi connectivity index (χ4n) is 7.27. The second-order valence-electron chi connectivity index (χ2n) is 11.0. The number of nitrogens with zero attached hydrogens (tertiary/aromatic N) is 4. The highest BCUT2D eigenvalue weighted by molar-refractivity contribution is 5.83. The molecule has 4 aliphatic heterocycles. The highest BCUT2D eigenvalue weighted by Gasteiger charge is 2.50. The molecule has 10 heteroatoms. The Hall–Kier alpha value is -3.37. The number of pyridine rings is 1. The van der Waals surface area contributed by atoms with Crippen molar-refractivity contribution in [3.8, 4) is 0 Å². The van der Waals surface area contributed by atoms with Gasteiger partial charge in [0.25, 0.3) is 5.56 Å². The molecule has 2 bridgehead atoms. The van der Waals surface area contributed by atoms with E-state index in [4.69, 9.17) is 4.74 Å². The molecular formula is C28H33N4O6-. The Balaban J connectivity index is 1.33. The molecule has 0 aliphatic carbocycles. The van der Waals surface area contributed by atoms with E-state index < -0.39 is 0 Å². The maximum absolute atomic E-state index is 14.1. The number of fused-ring (bicyclic) bond motifs is 8. The van der Waals surface area contributed by atoms with Gasteiger partial charge in [0.05, 0.1) is 24.1 Å². The minimum absolute atomic E-state index is 0.00565. The van der Waals surface area contributed by atoms with Crippen LogP contribution in [-0.2, 0) is 27.3 Å². The predicted molar refractivity (Wildman–Crippen MR) is 140 cm³/mol. The zero-order valence-corrected chi connectivity index (χ0v) is 21.5. The number of benzene rings is 1. The fraction of sp³-hybridized carbons (Fsp3) is 0.536. The molecule has 5 heterocycles. The second-order valence-corrected chi connectivity index (χ2v) is 11.0. The zero-order valence-electron chi connectivity index (χ0n) is 21.5. The number of hydrogen-bond acceptors (Lipinski definition) is 8. The van der Waals surface area contributed by atoms with E-state index in [0.717, 1.165) is 23.4 Å². The number of rotatable bonds is 4. The van der Waals surface area contributed by atoms with Gasteiger partial charge in [-0.15, -0.1) is 0 Å². The number of piperidine rings is 2. The van der Waals surface area contributed by atoms with Gasteiger partial charge in [-0.05, 0) is 68.4 Å². The molecule has 0 spiro atoms. The summed E-state index contributed by atoms with van der Waals surface area (Å²) >= 11 is 0. The largest absolute Gasteiger partial charge is 0.733 e. The second kappa shape index (κ2) is 9.74. The Morgan fingerprint density at radius 3 is 2.68 bits per heavy atom. The van der Waals surface area contributed by atoms with E-state index in [-0.39, 0.29) is 58.1 Å². The molecule has 1 aromatic heterocycles. The van der Waals surface area contributed by atoms with E-state index in [1.807, 2.05) is 27.7 Å². The van der Waals surface area contributed by atoms with Crippen molar-refractivity contribution in [2.45, 2.75) is 51.1 Å². The number of hydrogen-bond donors (Lipinski definition) is 1. The van der Waals surface area contributed by atoms with Crippen molar-refractivity contribution in [2.24, 2.45) is 17.8 Å². The van der Waals surface area contributed by atoms with Crippen LogP contribution in [0.5, 0.6) is 0 Å². The van der Waals surface area contributed by atoms with E-state index >= 15 is 0 Å². The average Bonchev–Trinajstić information content (AvgIpc) is 2.92. The van der Waals surface area contributed by atoms with Gasteiger partial charge in [0.1, 0.15) is 0 Å². The third-order valence-electron chi connectivity index (χ3n) is 8.96. The zero-order chi connectivity index (χ0) is 26.6. The van der Waals surface area contributed by atoms with Crippen LogP contribution in [0.1, 0.15) is 43.4 Å². The van der Waals surface area contributed by atoms with Gasteiger partial charge in [-0.2, -0.15) is 0 Å². The molecule has 4 atom stereocenters. The Morgan fingerprint density at radius 2 is 1.95 bits per heavy atom. The average molecular weight is 522 g/mol. The van der Waals surface area contributed by atoms with Crippen molar-refractivity contribution in [1.82, 2.24) is 9.47 Å². The summed E-state index contributed by atoms with van der Waals surface area (Å²) in [7, 11) is 0. The molecule has 1 N–H and O–H groups in total. The first-order valence-corrected chi connectivity index (χ1v) is 13.6. The summed E-state index contributed by atoms with van der Waals surface area (Å²) in [5.41, 5.74) is 3.00. The maximum Gasteiger partial charge on any atom is 0.309 e. The predicted octanol–water partition coefficient (Wildman–Crippen LogP) is 2.51. The Morgan fingerprint density at radius 1 is 1.16 bits per heavy atom. The van der Waals surface area contributed by atoms with Crippen LogP contribution in [0.4, 0.5) is 11.4 Å². The van der Waals surface area contributed by atoms with Crippen molar-refractivity contribution in [1.29, 1.82) is 0 Å². The molecular weight excluding hydrogens is 488 g/mol. The van der Waals surface area contributed by atoms with Gasteiger partial charge in [0.15, 0.2) is 0 Å². The fourth-order valence-corrected chi connectivity index (χ4v) is 7.27. The lowest BCUT2D eigenvalue weighted by atomic mass is 9.69. The number of carbonyl (C=O) groups excluding carboxylic acids is 2. The van der Waals surface area contributed by atoms with Crippen molar-refractivity contribution in [2.75, 3.05) is 36.4 Å². The first-order valence-electron chi connectivity index (χ1n) is 13.6. The van der Waals surface area contributed by atoms with Crippen molar-refractivity contribution < 1.29 is 19.5 Å². The summed E-state index contributed by atoms with van der Waals surface area (Å²) in [4.78, 5) is 43.2. The smallest absolute Gasteiger partial charge is 0.309 e. The normalized spacial score (nSPS) is 26.2. The van der Waals surface area contributed by atoms with Crippen LogP contribution in [-0.4, -0.2) is 58.8 Å². The number of ether oxygens (including phenoxy) is 1. The highest BCUT2D eigenvalue weighted by atomic mass is 16.8. The first kappa shape index (κ1) is 24.9. The minimum atomic E-state index is -0.359. The molecule has 1 amide bonds. The van der Waals surface area contributed by atoms with E-state index in [2.05, 4.69) is 4.90 Å². The third kappa shape index (κ3) is 4.16. The molecule has 1 aromatic carbocycles. The quantitative estimate of drug-likeness (QED) is 0.482. The van der Waals surface area contributed by atoms with Gasteiger partial charge >= 0.3 is 5.97 Å². The monoisotopic (exact) mass is 521 g/mol. The van der Waals surface area contributed by atoms with Gasteiger partial charge in [-0.25, -0.2) is 0 Å². The summed E-state index contributed by atoms with van der Waals surface area (Å²) in [5, 5.41) is 21.0. The summed E-state index contributed by atoms with van der Waals surface area (Å²) in [6.07, 6.45) is 2.52. The van der Waals surface area contributed by atoms with E-state index in [9.17, 15) is 24.8 Å². The summed E-state index contributed by atoms with van der Waals surface area (Å²) < 4.78 is 7.07. The topological polar surface area (TPSA) is 118 Å². The van der Waals surface area contributed by atoms with Crippen molar-refractivity contribution in [3.63, 3.8) is 0 Å². The molecule has 2 unspecified atom stereocenters. The summed E-state index contributed by atoms with van der Waals surface area (Å²) in [5.74, 6) is -0.410. The van der Waals surface area contributed by atoms with E-state index in [0.29, 0.717) is 52.0 Å². The number of amides is 1. The highest BCUT2D eigenvalue weighted by Crippen LogP contribution is 2.48. The lowest BCUT2D eigenvalue weighted by molar-refractivity contribution is -0.152. The molecule has 2 aromatic rings. The Kier molecular flexibility index (Phi) is 6.39. The van der Waals surface area contributed by atoms with Gasteiger partial charge in [-0.3, -0.25) is 19.6 Å². The van der Waals surface area contributed by atoms with Gasteiger partial charge < -0.3 is 29.5 Å². The van der Waals surface area contributed by atoms with Crippen LogP contribution in [0.25, 0.3) is 0 Å². The molecule has 6 rings (SSSR count). The molecule has 38 heavy (non-hydrogen) atoms. The lowest BCUT2D eigenvalue weighted by Gasteiger charge is -2.55. The first-order chi connectivity index (χ1) is 18.4. The van der Waals surface area contributed by atoms with Gasteiger partial charge in [-0.1, -0.05) is 6.07 Å². The van der Waals surface area contributed by atoms with E-state index in [1.54, 1.807) is 25.1 Å². The van der Waals surface area contributed by atoms with Gasteiger partial charge in [0, 0.05) is 55.6 Å². The number of carbonyl (C=O) groups is 2. The molecule has 4 aliphatic rings. The summed E-state index contributed by atoms with van der Waals surface area (Å²) in [6, 6.07) is 10.5. The third-order valence-corrected chi connectivity index (χ3v) is 8.96. The standard InChI is InChI=1S/C28H33N4O6/c1-2-38-28(35)17-8-10-29(11-9-17)27(34)22-14-18-13-21(32(36)37)6-7-24(18)31-15-19-12-20(26(22)31)16-30-23(19)4-3-5-25(30)33/h3-7,13,17,19-20,22,26,36H,2,8-12,14-16H2,1H3/q-1/t19?,20?,22-,26+/m1/s1. The van der Waals surface area contributed by atoms with Gasteiger partial charge in [0.2, 0.25) is 5.91 Å². The maximum atomic E-state index is 14.1. The molecule has 202 valence electrons. The molecule has 0 radical (unpaired) electrons. The van der Waals surface area contributed by atoms with Crippen molar-refractivity contribution in [3.05, 3.63) is 63.2 Å². The van der Waals surface area contributed by atoms with Crippen molar-refractivity contribution >= 4 is 23.3 Å². The van der Waals surface area contributed by atoms with Crippen LogP contribution in [0, 0.1) is 23.0 Å². The van der Waals surface area contributed by atoms with Crippen LogP contribution in [0.15, 0.2) is 41.2 Å². The SMILES string of the molecule is CCOC(=O)C1CCN(C(=O)[C@@H]2Cc3cc(N([O-])O)ccc3N3CC4CC(Cn5c4cccc5=O)[C@@H]23)CC1. The number of likely N-dealkylation sites (tertiary alicyclic amines) is 1. The molecule has 10 nitrogen and oxygen atoms in total. The van der Waals surface area contributed by atoms with Crippen LogP contribution < -0.4 is 15.7 Å². The van der Waals surface area contributed by atoms with Crippen LogP contribution in [0.2, 0.25) is 0 Å².